The van der Waals surface area contributed by atoms with Gasteiger partial charge in [0.25, 0.3) is 0 Å². The lowest BCUT2D eigenvalue weighted by molar-refractivity contribution is -0.176. The molecule has 39 heavy (non-hydrogen) atoms. The summed E-state index contributed by atoms with van der Waals surface area (Å²) in [6.45, 7) is 1.54. The Bertz CT molecular complexity index is 1380. The van der Waals surface area contributed by atoms with Gasteiger partial charge in [0.15, 0.2) is 0 Å². The van der Waals surface area contributed by atoms with Crippen molar-refractivity contribution in [2.24, 2.45) is 0 Å². The second-order valence-corrected chi connectivity index (χ2v) is 9.87. The Labute approximate surface area is 228 Å². The van der Waals surface area contributed by atoms with Crippen LogP contribution >= 0.6 is 0 Å². The molecule has 6 rings (SSSR count). The van der Waals surface area contributed by atoms with Crippen molar-refractivity contribution in [2.75, 3.05) is 13.2 Å². The van der Waals surface area contributed by atoms with Crippen LogP contribution in [0.15, 0.2) is 115 Å². The van der Waals surface area contributed by atoms with Crippen LogP contribution in [0.3, 0.4) is 0 Å². The standard InChI is InChI=1S/C33H30O6/c34-32(26-16-8-3-9-17-26)38-28-19-11-10-18-27(28)29-30-31(36-21-25-14-6-2-7-15-25)33(39-29,23-37-30)22-35-20-24-12-4-1-5-13-24/h1-19,29-31H,20-23H2. The molecule has 4 aromatic rings. The van der Waals surface area contributed by atoms with Gasteiger partial charge in [-0.3, -0.25) is 0 Å². The minimum Gasteiger partial charge on any atom is -0.423 e. The summed E-state index contributed by atoms with van der Waals surface area (Å²) in [5, 5.41) is 0. The van der Waals surface area contributed by atoms with E-state index in [1.807, 2.05) is 97.1 Å². The van der Waals surface area contributed by atoms with Crippen LogP contribution in [0.2, 0.25) is 0 Å². The van der Waals surface area contributed by atoms with Gasteiger partial charge < -0.3 is 23.7 Å². The quantitative estimate of drug-likeness (QED) is 0.190. The molecular weight excluding hydrogens is 492 g/mol. The molecule has 2 aliphatic rings. The van der Waals surface area contributed by atoms with Gasteiger partial charge >= 0.3 is 5.97 Å². The highest BCUT2D eigenvalue weighted by Gasteiger charge is 2.63. The number of rotatable bonds is 10. The Morgan fingerprint density at radius 3 is 2.10 bits per heavy atom. The molecule has 2 heterocycles. The number of para-hydroxylation sites is 1. The second-order valence-electron chi connectivity index (χ2n) is 9.87. The minimum absolute atomic E-state index is 0.306. The molecule has 2 bridgehead atoms. The lowest BCUT2D eigenvalue weighted by atomic mass is 9.96. The SMILES string of the molecule is O=C(Oc1ccccc1C1OC2(COCc3ccccc3)COC1C2OCc1ccccc1)c1ccccc1. The third-order valence-electron chi connectivity index (χ3n) is 7.17. The van der Waals surface area contributed by atoms with E-state index in [1.54, 1.807) is 18.2 Å². The van der Waals surface area contributed by atoms with E-state index in [1.165, 1.54) is 0 Å². The van der Waals surface area contributed by atoms with Crippen LogP contribution in [-0.4, -0.2) is 37.0 Å². The van der Waals surface area contributed by atoms with E-state index in [2.05, 4.69) is 0 Å². The zero-order valence-electron chi connectivity index (χ0n) is 21.5. The zero-order chi connectivity index (χ0) is 26.5. The van der Waals surface area contributed by atoms with E-state index < -0.39 is 17.7 Å². The number of ether oxygens (including phenoxy) is 5. The van der Waals surface area contributed by atoms with Crippen molar-refractivity contribution in [3.63, 3.8) is 0 Å². The maximum atomic E-state index is 12.9. The summed E-state index contributed by atoms with van der Waals surface area (Å²) in [6, 6.07) is 36.5. The lowest BCUT2D eigenvalue weighted by Crippen LogP contribution is -2.46. The van der Waals surface area contributed by atoms with Crippen LogP contribution in [0, 0.1) is 0 Å². The fraction of sp³-hybridized carbons (Fsp3) is 0.242. The largest absolute Gasteiger partial charge is 0.423 e. The fourth-order valence-electron chi connectivity index (χ4n) is 5.24. The fourth-order valence-corrected chi connectivity index (χ4v) is 5.24. The third-order valence-corrected chi connectivity index (χ3v) is 7.17. The van der Waals surface area contributed by atoms with E-state index in [-0.39, 0.29) is 12.2 Å². The summed E-state index contributed by atoms with van der Waals surface area (Å²) in [5.74, 6) is 0.0135. The van der Waals surface area contributed by atoms with Crippen LogP contribution < -0.4 is 4.74 Å². The van der Waals surface area contributed by atoms with Gasteiger partial charge in [0.2, 0.25) is 0 Å². The monoisotopic (exact) mass is 522 g/mol. The average Bonchev–Trinajstić information content (AvgIpc) is 3.49. The van der Waals surface area contributed by atoms with Crippen LogP contribution in [-0.2, 0) is 32.2 Å². The minimum atomic E-state index is -0.796. The van der Waals surface area contributed by atoms with Gasteiger partial charge in [-0.2, -0.15) is 0 Å². The Hall–Kier alpha value is -3.81. The van der Waals surface area contributed by atoms with Crippen molar-refractivity contribution < 1.29 is 28.5 Å². The van der Waals surface area contributed by atoms with E-state index in [9.17, 15) is 4.79 Å². The van der Waals surface area contributed by atoms with Crippen molar-refractivity contribution in [1.82, 2.24) is 0 Å². The lowest BCUT2D eigenvalue weighted by Gasteiger charge is -2.31. The molecule has 0 amide bonds. The van der Waals surface area contributed by atoms with Crippen LogP contribution in [0.1, 0.15) is 33.2 Å². The highest BCUT2D eigenvalue weighted by molar-refractivity contribution is 5.91. The van der Waals surface area contributed by atoms with Crippen LogP contribution in [0.5, 0.6) is 5.75 Å². The molecule has 0 spiro atoms. The molecule has 198 valence electrons. The molecule has 4 atom stereocenters. The molecule has 2 fully saturated rings. The van der Waals surface area contributed by atoms with Crippen molar-refractivity contribution in [1.29, 1.82) is 0 Å². The van der Waals surface area contributed by atoms with Crippen molar-refractivity contribution in [3.05, 3.63) is 138 Å². The van der Waals surface area contributed by atoms with E-state index in [0.717, 1.165) is 16.7 Å². The number of fused-ring (bicyclic) bond motifs is 2. The summed E-state index contributed by atoms with van der Waals surface area (Å²) >= 11 is 0. The summed E-state index contributed by atoms with van der Waals surface area (Å²) in [7, 11) is 0. The van der Waals surface area contributed by atoms with E-state index >= 15 is 0 Å². The number of carbonyl (C=O) groups excluding carboxylic acids is 1. The number of carbonyl (C=O) groups is 1. The van der Waals surface area contributed by atoms with Crippen molar-refractivity contribution in [2.45, 2.75) is 37.1 Å². The smallest absolute Gasteiger partial charge is 0.343 e. The van der Waals surface area contributed by atoms with Gasteiger partial charge in [-0.05, 0) is 29.3 Å². The number of hydrogen-bond acceptors (Lipinski definition) is 6. The van der Waals surface area contributed by atoms with Gasteiger partial charge in [0, 0.05) is 5.56 Å². The summed E-state index contributed by atoms with van der Waals surface area (Å²) in [6.07, 6.45) is -1.23. The first kappa shape index (κ1) is 25.5. The second kappa shape index (κ2) is 11.5. The Morgan fingerprint density at radius 2 is 1.38 bits per heavy atom. The van der Waals surface area contributed by atoms with Crippen molar-refractivity contribution in [3.8, 4) is 5.75 Å². The first-order valence-electron chi connectivity index (χ1n) is 13.1. The number of esters is 1. The predicted molar refractivity (Wildman–Crippen MR) is 145 cm³/mol. The normalized spacial score (nSPS) is 23.5. The first-order chi connectivity index (χ1) is 19.2. The number of benzene rings is 4. The maximum absolute atomic E-state index is 12.9. The molecule has 2 aliphatic heterocycles. The van der Waals surface area contributed by atoms with E-state index in [0.29, 0.717) is 37.7 Å². The van der Waals surface area contributed by atoms with E-state index in [4.69, 9.17) is 23.7 Å². The van der Waals surface area contributed by atoms with Crippen LogP contribution in [0.25, 0.3) is 0 Å². The molecular formula is C33H30O6. The molecule has 4 unspecified atom stereocenters. The molecule has 2 saturated heterocycles. The molecule has 0 radical (unpaired) electrons. The summed E-state index contributed by atoms with van der Waals surface area (Å²) in [4.78, 5) is 12.9. The highest BCUT2D eigenvalue weighted by atomic mass is 16.7. The Balaban J connectivity index is 1.24. The molecule has 6 heteroatoms. The molecule has 0 aromatic heterocycles. The molecule has 0 N–H and O–H groups in total. The average molecular weight is 523 g/mol. The maximum Gasteiger partial charge on any atom is 0.343 e. The van der Waals surface area contributed by atoms with Gasteiger partial charge in [0.1, 0.15) is 29.7 Å². The third kappa shape index (κ3) is 5.51. The highest BCUT2D eigenvalue weighted by Crippen LogP contribution is 2.50. The van der Waals surface area contributed by atoms with Gasteiger partial charge in [-0.1, -0.05) is 97.1 Å². The molecule has 4 aromatic carbocycles. The van der Waals surface area contributed by atoms with Gasteiger partial charge in [-0.25, -0.2) is 4.79 Å². The Kier molecular flexibility index (Phi) is 7.52. The topological polar surface area (TPSA) is 63.2 Å². The summed E-state index contributed by atoms with van der Waals surface area (Å²) in [5.41, 5.74) is 2.57. The number of hydrogen-bond donors (Lipinski definition) is 0. The van der Waals surface area contributed by atoms with Crippen LogP contribution in [0.4, 0.5) is 0 Å². The van der Waals surface area contributed by atoms with Crippen molar-refractivity contribution >= 4 is 5.97 Å². The predicted octanol–water partition coefficient (Wildman–Crippen LogP) is 5.92. The molecule has 6 nitrogen and oxygen atoms in total. The first-order valence-corrected chi connectivity index (χ1v) is 13.1. The molecule has 0 saturated carbocycles. The van der Waals surface area contributed by atoms with Gasteiger partial charge in [-0.15, -0.1) is 0 Å². The summed E-state index contributed by atoms with van der Waals surface area (Å²) < 4.78 is 31.5. The zero-order valence-corrected chi connectivity index (χ0v) is 21.5. The van der Waals surface area contributed by atoms with Gasteiger partial charge in [0.05, 0.1) is 32.0 Å². The molecule has 0 aliphatic carbocycles. The Morgan fingerprint density at radius 1 is 0.769 bits per heavy atom.